The highest BCUT2D eigenvalue weighted by Crippen LogP contribution is 2.31. The van der Waals surface area contributed by atoms with E-state index in [1.807, 2.05) is 11.8 Å². The Balaban J connectivity index is 1.98. The second-order valence-electron chi connectivity index (χ2n) is 5.45. The topological polar surface area (TPSA) is 12.0 Å². The van der Waals surface area contributed by atoms with E-state index >= 15 is 0 Å². The maximum Gasteiger partial charge on any atom is 0.416 e. The average molecular weight is 321 g/mol. The summed E-state index contributed by atoms with van der Waals surface area (Å²) in [6.07, 6.45) is 1.93. The van der Waals surface area contributed by atoms with Crippen LogP contribution >= 0.6 is 11.8 Å². The van der Waals surface area contributed by atoms with Gasteiger partial charge in [-0.3, -0.25) is 0 Å². The van der Waals surface area contributed by atoms with Gasteiger partial charge in [-0.25, -0.2) is 4.39 Å². The standard InChI is InChI=1S/C15H19F4NS/c1-21-14-4-2-3-13(8-14)20-9-10-5-11(15(17,18)19)7-12(16)6-10/h5-7,13-14,20H,2-4,8-9H2,1H3. The lowest BCUT2D eigenvalue weighted by Gasteiger charge is -2.28. The summed E-state index contributed by atoms with van der Waals surface area (Å²) >= 11 is 1.83. The van der Waals surface area contributed by atoms with Gasteiger partial charge in [-0.05, 0) is 49.3 Å². The van der Waals surface area contributed by atoms with Crippen LogP contribution < -0.4 is 5.32 Å². The van der Waals surface area contributed by atoms with Crippen LogP contribution in [-0.2, 0) is 12.7 Å². The van der Waals surface area contributed by atoms with Crippen molar-refractivity contribution in [3.05, 3.63) is 35.1 Å². The highest BCUT2D eigenvalue weighted by molar-refractivity contribution is 7.99. The molecule has 1 saturated carbocycles. The van der Waals surface area contributed by atoms with Gasteiger partial charge in [-0.2, -0.15) is 24.9 Å². The monoisotopic (exact) mass is 321 g/mol. The Bertz CT molecular complexity index is 475. The van der Waals surface area contributed by atoms with Crippen molar-refractivity contribution >= 4 is 11.8 Å². The molecule has 0 spiro atoms. The van der Waals surface area contributed by atoms with E-state index in [2.05, 4.69) is 11.6 Å². The number of halogens is 4. The summed E-state index contributed by atoms with van der Waals surface area (Å²) in [4.78, 5) is 0. The molecule has 1 aromatic carbocycles. The molecule has 0 saturated heterocycles. The molecule has 21 heavy (non-hydrogen) atoms. The lowest BCUT2D eigenvalue weighted by Crippen LogP contribution is -2.34. The van der Waals surface area contributed by atoms with E-state index in [-0.39, 0.29) is 6.54 Å². The van der Waals surface area contributed by atoms with Gasteiger partial charge in [0, 0.05) is 17.8 Å². The third-order valence-electron chi connectivity index (χ3n) is 3.84. The van der Waals surface area contributed by atoms with E-state index in [0.717, 1.165) is 31.4 Å². The Morgan fingerprint density at radius 1 is 1.24 bits per heavy atom. The van der Waals surface area contributed by atoms with Crippen molar-refractivity contribution in [1.29, 1.82) is 0 Å². The van der Waals surface area contributed by atoms with Gasteiger partial charge < -0.3 is 5.32 Å². The lowest BCUT2D eigenvalue weighted by molar-refractivity contribution is -0.137. The van der Waals surface area contributed by atoms with Crippen molar-refractivity contribution in [2.75, 3.05) is 6.26 Å². The van der Waals surface area contributed by atoms with Crippen molar-refractivity contribution in [2.24, 2.45) is 0 Å². The molecule has 1 aliphatic rings. The van der Waals surface area contributed by atoms with E-state index in [9.17, 15) is 17.6 Å². The van der Waals surface area contributed by atoms with Gasteiger partial charge in [0.25, 0.3) is 0 Å². The van der Waals surface area contributed by atoms with E-state index < -0.39 is 17.6 Å². The molecule has 0 radical (unpaired) electrons. The van der Waals surface area contributed by atoms with Crippen LogP contribution in [0.4, 0.5) is 17.6 Å². The Morgan fingerprint density at radius 3 is 2.67 bits per heavy atom. The molecule has 0 aromatic heterocycles. The maximum atomic E-state index is 13.3. The first-order valence-corrected chi connectivity index (χ1v) is 8.30. The Morgan fingerprint density at radius 2 is 2.00 bits per heavy atom. The first-order chi connectivity index (χ1) is 9.88. The van der Waals surface area contributed by atoms with Crippen molar-refractivity contribution in [3.63, 3.8) is 0 Å². The zero-order valence-electron chi connectivity index (χ0n) is 11.8. The van der Waals surface area contributed by atoms with Crippen molar-refractivity contribution in [2.45, 2.75) is 49.7 Å². The molecule has 1 N–H and O–H groups in total. The molecule has 1 nitrogen and oxygen atoms in total. The van der Waals surface area contributed by atoms with E-state index in [0.29, 0.717) is 22.9 Å². The van der Waals surface area contributed by atoms with Crippen LogP contribution in [0.1, 0.15) is 36.8 Å². The Hall–Kier alpha value is -0.750. The zero-order chi connectivity index (χ0) is 15.5. The van der Waals surface area contributed by atoms with Gasteiger partial charge in [0.05, 0.1) is 5.56 Å². The summed E-state index contributed by atoms with van der Waals surface area (Å²) in [7, 11) is 0. The summed E-state index contributed by atoms with van der Waals surface area (Å²) in [6, 6.07) is 3.02. The minimum absolute atomic E-state index is 0.270. The van der Waals surface area contributed by atoms with Gasteiger partial charge in [0.2, 0.25) is 0 Å². The highest BCUT2D eigenvalue weighted by atomic mass is 32.2. The quantitative estimate of drug-likeness (QED) is 0.813. The fourth-order valence-corrected chi connectivity index (χ4v) is 3.55. The summed E-state index contributed by atoms with van der Waals surface area (Å²) in [5, 5.41) is 3.87. The second-order valence-corrected chi connectivity index (χ2v) is 6.59. The summed E-state index contributed by atoms with van der Waals surface area (Å²) in [6.45, 7) is 0.270. The predicted octanol–water partition coefficient (Wildman–Crippen LogP) is 4.61. The number of thioether (sulfide) groups is 1. The maximum absolute atomic E-state index is 13.3. The number of hydrogen-bond acceptors (Lipinski definition) is 2. The number of nitrogens with one attached hydrogen (secondary N) is 1. The minimum Gasteiger partial charge on any atom is -0.310 e. The molecule has 0 amide bonds. The molecule has 2 rings (SSSR count). The van der Waals surface area contributed by atoms with E-state index in [4.69, 9.17) is 0 Å². The van der Waals surface area contributed by atoms with Gasteiger partial charge in [-0.15, -0.1) is 0 Å². The van der Waals surface area contributed by atoms with Crippen LogP contribution in [0.2, 0.25) is 0 Å². The number of alkyl halides is 3. The first kappa shape index (κ1) is 16.6. The third kappa shape index (κ3) is 4.88. The Labute approximate surface area is 126 Å². The summed E-state index contributed by atoms with van der Waals surface area (Å²) in [5.41, 5.74) is -0.585. The molecular formula is C15H19F4NS. The Kier molecular flexibility index (Phi) is 5.54. The molecule has 2 unspecified atom stereocenters. The van der Waals surface area contributed by atoms with Crippen molar-refractivity contribution < 1.29 is 17.6 Å². The lowest BCUT2D eigenvalue weighted by atomic mass is 9.94. The van der Waals surface area contributed by atoms with Gasteiger partial charge in [0.15, 0.2) is 0 Å². The van der Waals surface area contributed by atoms with Crippen LogP contribution in [0.5, 0.6) is 0 Å². The number of rotatable bonds is 4. The van der Waals surface area contributed by atoms with Gasteiger partial charge >= 0.3 is 6.18 Å². The molecule has 2 atom stereocenters. The smallest absolute Gasteiger partial charge is 0.310 e. The fraction of sp³-hybridized carbons (Fsp3) is 0.600. The van der Waals surface area contributed by atoms with Gasteiger partial charge in [0.1, 0.15) is 5.82 Å². The first-order valence-electron chi connectivity index (χ1n) is 7.01. The molecule has 118 valence electrons. The normalized spacial score (nSPS) is 23.3. The van der Waals surface area contributed by atoms with Gasteiger partial charge in [-0.1, -0.05) is 6.42 Å². The fourth-order valence-electron chi connectivity index (χ4n) is 2.72. The molecule has 1 aliphatic carbocycles. The summed E-state index contributed by atoms with van der Waals surface area (Å²) in [5.74, 6) is -0.841. The largest absolute Gasteiger partial charge is 0.416 e. The molecular weight excluding hydrogens is 302 g/mol. The third-order valence-corrected chi connectivity index (χ3v) is 4.93. The van der Waals surface area contributed by atoms with E-state index in [1.165, 1.54) is 6.42 Å². The average Bonchev–Trinajstić information content (AvgIpc) is 2.44. The second kappa shape index (κ2) is 7.01. The molecule has 1 fully saturated rings. The SMILES string of the molecule is CSC1CCCC(NCc2cc(F)cc(C(F)(F)F)c2)C1. The molecule has 0 aliphatic heterocycles. The van der Waals surface area contributed by atoms with E-state index in [1.54, 1.807) is 0 Å². The zero-order valence-corrected chi connectivity index (χ0v) is 12.7. The molecule has 1 aromatic rings. The van der Waals surface area contributed by atoms with Crippen LogP contribution in [0.25, 0.3) is 0 Å². The van der Waals surface area contributed by atoms with Crippen molar-refractivity contribution in [3.8, 4) is 0 Å². The summed E-state index contributed by atoms with van der Waals surface area (Å²) < 4.78 is 51.3. The molecule has 6 heteroatoms. The minimum atomic E-state index is -4.51. The molecule has 0 bridgehead atoms. The van der Waals surface area contributed by atoms with Crippen LogP contribution in [-0.4, -0.2) is 17.5 Å². The number of benzene rings is 1. The molecule has 0 heterocycles. The van der Waals surface area contributed by atoms with Crippen LogP contribution in [0, 0.1) is 5.82 Å². The van der Waals surface area contributed by atoms with Crippen molar-refractivity contribution in [1.82, 2.24) is 5.32 Å². The predicted molar refractivity (Wildman–Crippen MR) is 77.8 cm³/mol. The highest BCUT2D eigenvalue weighted by Gasteiger charge is 2.31. The number of hydrogen-bond donors (Lipinski definition) is 1. The van der Waals surface area contributed by atoms with Crippen LogP contribution in [0.15, 0.2) is 18.2 Å². The van der Waals surface area contributed by atoms with Crippen LogP contribution in [0.3, 0.4) is 0 Å².